The molecule has 1 aromatic heterocycles. The summed E-state index contributed by atoms with van der Waals surface area (Å²) in [7, 11) is 1.64. The summed E-state index contributed by atoms with van der Waals surface area (Å²) in [6.45, 7) is 9.27. The lowest BCUT2D eigenvalue weighted by Gasteiger charge is -2.35. The smallest absolute Gasteiger partial charge is 0.254 e. The molecule has 0 unspecified atom stereocenters. The van der Waals surface area contributed by atoms with Gasteiger partial charge in [-0.3, -0.25) is 4.79 Å². The molecule has 1 fully saturated rings. The predicted molar refractivity (Wildman–Crippen MR) is 140 cm³/mol. The highest BCUT2D eigenvalue weighted by atomic mass is 16.5. The summed E-state index contributed by atoms with van der Waals surface area (Å²) in [4.78, 5) is 26.5. The average Bonchev–Trinajstić information content (AvgIpc) is 2.90. The molecule has 36 heavy (non-hydrogen) atoms. The van der Waals surface area contributed by atoms with Crippen molar-refractivity contribution in [3.8, 4) is 17.2 Å². The van der Waals surface area contributed by atoms with Crippen LogP contribution in [-0.4, -0.2) is 67.3 Å². The number of aromatic nitrogens is 2. The molecule has 1 N–H and O–H groups in total. The van der Waals surface area contributed by atoms with E-state index in [9.17, 15) is 4.79 Å². The molecule has 0 radical (unpaired) electrons. The molecule has 9 nitrogen and oxygen atoms in total. The number of carbonyl (C=O) groups excluding carboxylic acids is 1. The Labute approximate surface area is 212 Å². The molecular weight excluding hydrogens is 458 g/mol. The molecule has 3 aromatic rings. The molecule has 4 rings (SSSR count). The van der Waals surface area contributed by atoms with Crippen LogP contribution in [0.2, 0.25) is 0 Å². The summed E-state index contributed by atoms with van der Waals surface area (Å²) in [5.41, 5.74) is 2.37. The number of piperazine rings is 1. The van der Waals surface area contributed by atoms with E-state index in [0.717, 1.165) is 22.9 Å². The molecule has 1 saturated heterocycles. The topological polar surface area (TPSA) is 89.1 Å². The highest BCUT2D eigenvalue weighted by Gasteiger charge is 2.25. The minimum Gasteiger partial charge on any atom is -0.497 e. The van der Waals surface area contributed by atoms with Crippen LogP contribution in [0.1, 0.15) is 29.9 Å². The zero-order valence-corrected chi connectivity index (χ0v) is 21.3. The number of carbonyl (C=O) groups is 1. The normalized spacial score (nSPS) is 13.3. The fourth-order valence-electron chi connectivity index (χ4n) is 4.06. The molecule has 1 amide bonds. The van der Waals surface area contributed by atoms with Crippen molar-refractivity contribution >= 4 is 23.4 Å². The molecule has 2 aromatic carbocycles. The fraction of sp³-hybridized carbons (Fsp3) is 0.370. The summed E-state index contributed by atoms with van der Waals surface area (Å²) in [5, 5.41) is 3.33. The van der Waals surface area contributed by atoms with E-state index in [-0.39, 0.29) is 5.91 Å². The van der Waals surface area contributed by atoms with Crippen molar-refractivity contribution in [2.24, 2.45) is 0 Å². The summed E-state index contributed by atoms with van der Waals surface area (Å²) in [6.07, 6.45) is 0. The SMILES string of the molecule is CCOc1ccc(C(=O)N2CCN(c3nc(C)cc(Nc4ccc(OC)cc4)n3)CC2)cc1OCC. The number of benzene rings is 2. The van der Waals surface area contributed by atoms with E-state index >= 15 is 0 Å². The third kappa shape index (κ3) is 5.97. The maximum atomic E-state index is 13.2. The molecule has 0 atom stereocenters. The molecule has 0 aliphatic carbocycles. The molecule has 0 bridgehead atoms. The lowest BCUT2D eigenvalue weighted by Crippen LogP contribution is -2.49. The van der Waals surface area contributed by atoms with Gasteiger partial charge >= 0.3 is 0 Å². The number of methoxy groups -OCH3 is 1. The van der Waals surface area contributed by atoms with Crippen LogP contribution in [0, 0.1) is 6.92 Å². The van der Waals surface area contributed by atoms with Gasteiger partial charge < -0.3 is 29.3 Å². The van der Waals surface area contributed by atoms with Crippen molar-refractivity contribution in [2.75, 3.05) is 56.7 Å². The fourth-order valence-corrected chi connectivity index (χ4v) is 4.06. The molecule has 2 heterocycles. The van der Waals surface area contributed by atoms with Crippen LogP contribution in [0.4, 0.5) is 17.5 Å². The first-order valence-electron chi connectivity index (χ1n) is 12.2. The minimum atomic E-state index is -0.0225. The van der Waals surface area contributed by atoms with Crippen molar-refractivity contribution in [1.29, 1.82) is 0 Å². The van der Waals surface area contributed by atoms with Gasteiger partial charge in [0.2, 0.25) is 5.95 Å². The van der Waals surface area contributed by atoms with E-state index in [1.807, 2.05) is 56.0 Å². The Morgan fingerprint density at radius 1 is 0.917 bits per heavy atom. The van der Waals surface area contributed by atoms with Gasteiger partial charge in [0.25, 0.3) is 5.91 Å². The Morgan fingerprint density at radius 2 is 1.61 bits per heavy atom. The lowest BCUT2D eigenvalue weighted by atomic mass is 10.1. The van der Waals surface area contributed by atoms with Crippen LogP contribution in [0.3, 0.4) is 0 Å². The van der Waals surface area contributed by atoms with E-state index < -0.39 is 0 Å². The summed E-state index contributed by atoms with van der Waals surface area (Å²) < 4.78 is 16.5. The van der Waals surface area contributed by atoms with Gasteiger partial charge in [0.1, 0.15) is 11.6 Å². The van der Waals surface area contributed by atoms with Gasteiger partial charge in [-0.25, -0.2) is 4.98 Å². The highest BCUT2D eigenvalue weighted by molar-refractivity contribution is 5.95. The molecule has 9 heteroatoms. The first kappa shape index (κ1) is 25.1. The highest BCUT2D eigenvalue weighted by Crippen LogP contribution is 2.29. The number of amides is 1. The van der Waals surface area contributed by atoms with Crippen LogP contribution in [0.5, 0.6) is 17.2 Å². The molecule has 0 saturated carbocycles. The van der Waals surface area contributed by atoms with Crippen LogP contribution < -0.4 is 24.4 Å². The standard InChI is InChI=1S/C27H33N5O4/c1-5-35-23-12-7-20(18-24(23)36-6-2)26(33)31-13-15-32(16-14-31)27-28-19(3)17-25(30-27)29-21-8-10-22(34-4)11-9-21/h7-12,17-18H,5-6,13-16H2,1-4H3,(H,28,29,30). The van der Waals surface area contributed by atoms with Gasteiger partial charge in [0, 0.05) is 49.2 Å². The van der Waals surface area contributed by atoms with Gasteiger partial charge in [0.15, 0.2) is 11.5 Å². The Morgan fingerprint density at radius 3 is 2.28 bits per heavy atom. The zero-order valence-electron chi connectivity index (χ0n) is 21.3. The van der Waals surface area contributed by atoms with E-state index in [4.69, 9.17) is 19.2 Å². The van der Waals surface area contributed by atoms with Gasteiger partial charge in [0.05, 0.1) is 20.3 Å². The molecule has 0 spiro atoms. The summed E-state index contributed by atoms with van der Waals surface area (Å²) >= 11 is 0. The first-order chi connectivity index (χ1) is 17.5. The predicted octanol–water partition coefficient (Wildman–Crippen LogP) is 4.30. The van der Waals surface area contributed by atoms with E-state index in [2.05, 4.69) is 15.2 Å². The largest absolute Gasteiger partial charge is 0.497 e. The number of hydrogen-bond acceptors (Lipinski definition) is 8. The van der Waals surface area contributed by atoms with Crippen molar-refractivity contribution < 1.29 is 19.0 Å². The van der Waals surface area contributed by atoms with Gasteiger partial charge in [-0.05, 0) is 63.2 Å². The summed E-state index contributed by atoms with van der Waals surface area (Å²) in [6, 6.07) is 15.0. The van der Waals surface area contributed by atoms with Crippen molar-refractivity contribution in [1.82, 2.24) is 14.9 Å². The first-order valence-corrected chi connectivity index (χ1v) is 12.2. The number of aryl methyl sites for hydroxylation is 1. The van der Waals surface area contributed by atoms with Gasteiger partial charge in [-0.1, -0.05) is 0 Å². The maximum absolute atomic E-state index is 13.2. The van der Waals surface area contributed by atoms with E-state index in [1.165, 1.54) is 0 Å². The average molecular weight is 492 g/mol. The number of rotatable bonds is 9. The number of nitrogens with one attached hydrogen (secondary N) is 1. The number of anilines is 3. The quantitative estimate of drug-likeness (QED) is 0.474. The second kappa shape index (κ2) is 11.6. The molecule has 190 valence electrons. The third-order valence-corrected chi connectivity index (χ3v) is 5.84. The third-order valence-electron chi connectivity index (χ3n) is 5.84. The van der Waals surface area contributed by atoms with Gasteiger partial charge in [-0.15, -0.1) is 0 Å². The van der Waals surface area contributed by atoms with Crippen molar-refractivity contribution in [3.63, 3.8) is 0 Å². The van der Waals surface area contributed by atoms with Crippen LogP contribution in [-0.2, 0) is 0 Å². The number of nitrogens with zero attached hydrogens (tertiary/aromatic N) is 4. The lowest BCUT2D eigenvalue weighted by molar-refractivity contribution is 0.0745. The van der Waals surface area contributed by atoms with Crippen LogP contribution in [0.15, 0.2) is 48.5 Å². The number of ether oxygens (including phenoxy) is 3. The monoisotopic (exact) mass is 491 g/mol. The second-order valence-corrected chi connectivity index (χ2v) is 8.35. The Hall–Kier alpha value is -4.01. The number of hydrogen-bond donors (Lipinski definition) is 1. The maximum Gasteiger partial charge on any atom is 0.254 e. The Balaban J connectivity index is 1.41. The van der Waals surface area contributed by atoms with E-state index in [0.29, 0.717) is 62.4 Å². The Bertz CT molecular complexity index is 1180. The van der Waals surface area contributed by atoms with Crippen molar-refractivity contribution in [2.45, 2.75) is 20.8 Å². The zero-order chi connectivity index (χ0) is 25.5. The molecule has 1 aliphatic rings. The van der Waals surface area contributed by atoms with E-state index in [1.54, 1.807) is 25.3 Å². The molecule has 1 aliphatic heterocycles. The van der Waals surface area contributed by atoms with Crippen LogP contribution >= 0.6 is 0 Å². The van der Waals surface area contributed by atoms with Crippen molar-refractivity contribution in [3.05, 3.63) is 59.8 Å². The Kier molecular flexibility index (Phi) is 8.10. The van der Waals surface area contributed by atoms with Crippen LogP contribution in [0.25, 0.3) is 0 Å². The minimum absolute atomic E-state index is 0.0225. The molecular formula is C27H33N5O4. The summed E-state index contributed by atoms with van der Waals surface area (Å²) in [5.74, 6) is 3.39. The van der Waals surface area contributed by atoms with Gasteiger partial charge in [-0.2, -0.15) is 4.98 Å². The second-order valence-electron chi connectivity index (χ2n) is 8.35.